The summed E-state index contributed by atoms with van der Waals surface area (Å²) in [6.07, 6.45) is 2.76. The van der Waals surface area contributed by atoms with Crippen LogP contribution in [0.4, 0.5) is 0 Å². The average Bonchev–Trinajstić information content (AvgIpc) is 2.57. The van der Waals surface area contributed by atoms with E-state index in [0.717, 1.165) is 12.8 Å². The van der Waals surface area contributed by atoms with Crippen molar-refractivity contribution in [2.24, 2.45) is 0 Å². The standard InChI is InChI=1S/C18H26O5/c1-4-11-22-14-9-10-15(17(13-14)23-12-5-2)16(19)7-6-8-18(20)21-3/h9-10,13H,4-8,11-12H2,1-3H3. The number of ketones is 1. The quantitative estimate of drug-likeness (QED) is 0.458. The van der Waals surface area contributed by atoms with Gasteiger partial charge in [-0.25, -0.2) is 0 Å². The van der Waals surface area contributed by atoms with Gasteiger partial charge < -0.3 is 14.2 Å². The van der Waals surface area contributed by atoms with Gasteiger partial charge in [0.05, 0.1) is 25.9 Å². The van der Waals surface area contributed by atoms with E-state index >= 15 is 0 Å². The summed E-state index contributed by atoms with van der Waals surface area (Å²) in [6.45, 7) is 5.21. The number of ether oxygens (including phenoxy) is 3. The molecule has 0 aliphatic rings. The molecule has 0 heterocycles. The van der Waals surface area contributed by atoms with Gasteiger partial charge in [0.1, 0.15) is 11.5 Å². The number of hydrogen-bond donors (Lipinski definition) is 0. The van der Waals surface area contributed by atoms with Crippen LogP contribution in [-0.2, 0) is 9.53 Å². The Labute approximate surface area is 137 Å². The van der Waals surface area contributed by atoms with E-state index in [9.17, 15) is 9.59 Å². The molecule has 5 nitrogen and oxygen atoms in total. The SMILES string of the molecule is CCCOc1ccc(C(=O)CCCC(=O)OC)c(OCCC)c1. The molecular weight excluding hydrogens is 296 g/mol. The van der Waals surface area contributed by atoms with Crippen LogP contribution < -0.4 is 9.47 Å². The topological polar surface area (TPSA) is 61.8 Å². The lowest BCUT2D eigenvalue weighted by molar-refractivity contribution is -0.140. The number of Topliss-reactive ketones (excluding diaryl/α,β-unsaturated/α-hetero) is 1. The molecule has 0 amide bonds. The number of methoxy groups -OCH3 is 1. The summed E-state index contributed by atoms with van der Waals surface area (Å²) in [5, 5.41) is 0. The minimum absolute atomic E-state index is 0.0398. The van der Waals surface area contributed by atoms with Crippen LogP contribution in [0.1, 0.15) is 56.3 Å². The Bertz CT molecular complexity index is 510. The number of carbonyl (C=O) groups excluding carboxylic acids is 2. The largest absolute Gasteiger partial charge is 0.493 e. The van der Waals surface area contributed by atoms with Crippen LogP contribution >= 0.6 is 0 Å². The fourth-order valence-electron chi connectivity index (χ4n) is 2.00. The predicted molar refractivity (Wildman–Crippen MR) is 88.2 cm³/mol. The third-order valence-corrected chi connectivity index (χ3v) is 3.20. The highest BCUT2D eigenvalue weighted by Gasteiger charge is 2.14. The second-order valence-corrected chi connectivity index (χ2v) is 5.21. The first-order valence-corrected chi connectivity index (χ1v) is 8.12. The van der Waals surface area contributed by atoms with E-state index in [0.29, 0.717) is 36.7 Å². The lowest BCUT2D eigenvalue weighted by atomic mass is 10.0. The van der Waals surface area contributed by atoms with Gasteiger partial charge in [-0.1, -0.05) is 13.8 Å². The summed E-state index contributed by atoms with van der Waals surface area (Å²) in [4.78, 5) is 23.5. The lowest BCUT2D eigenvalue weighted by Gasteiger charge is -2.13. The zero-order valence-electron chi connectivity index (χ0n) is 14.2. The molecular formula is C18H26O5. The zero-order chi connectivity index (χ0) is 17.1. The van der Waals surface area contributed by atoms with Crippen molar-refractivity contribution in [2.75, 3.05) is 20.3 Å². The third-order valence-electron chi connectivity index (χ3n) is 3.20. The van der Waals surface area contributed by atoms with Crippen LogP contribution in [0.2, 0.25) is 0 Å². The highest BCUT2D eigenvalue weighted by atomic mass is 16.5. The van der Waals surface area contributed by atoms with Crippen molar-refractivity contribution in [3.63, 3.8) is 0 Å². The van der Waals surface area contributed by atoms with Crippen LogP contribution in [0.25, 0.3) is 0 Å². The Balaban J connectivity index is 2.77. The van der Waals surface area contributed by atoms with E-state index in [1.165, 1.54) is 7.11 Å². The summed E-state index contributed by atoms with van der Waals surface area (Å²) >= 11 is 0. The van der Waals surface area contributed by atoms with Crippen molar-refractivity contribution in [3.05, 3.63) is 23.8 Å². The minimum atomic E-state index is -0.302. The molecule has 128 valence electrons. The Morgan fingerprint density at radius 1 is 1.00 bits per heavy atom. The van der Waals surface area contributed by atoms with Gasteiger partial charge in [-0.2, -0.15) is 0 Å². The smallest absolute Gasteiger partial charge is 0.305 e. The van der Waals surface area contributed by atoms with Crippen molar-refractivity contribution < 1.29 is 23.8 Å². The van der Waals surface area contributed by atoms with Gasteiger partial charge >= 0.3 is 5.97 Å². The Kier molecular flexibility index (Phi) is 8.80. The van der Waals surface area contributed by atoms with Crippen LogP contribution in [0.5, 0.6) is 11.5 Å². The Morgan fingerprint density at radius 3 is 2.35 bits per heavy atom. The maximum Gasteiger partial charge on any atom is 0.305 e. The molecule has 0 radical (unpaired) electrons. The normalized spacial score (nSPS) is 10.2. The summed E-state index contributed by atoms with van der Waals surface area (Å²) < 4.78 is 15.8. The number of rotatable bonds is 11. The van der Waals surface area contributed by atoms with Crippen molar-refractivity contribution in [2.45, 2.75) is 46.0 Å². The van der Waals surface area contributed by atoms with Gasteiger partial charge in [0.2, 0.25) is 0 Å². The summed E-state index contributed by atoms with van der Waals surface area (Å²) in [6, 6.07) is 5.28. The van der Waals surface area contributed by atoms with Gasteiger partial charge in [0.25, 0.3) is 0 Å². The Morgan fingerprint density at radius 2 is 1.70 bits per heavy atom. The van der Waals surface area contributed by atoms with Crippen molar-refractivity contribution in [3.8, 4) is 11.5 Å². The maximum absolute atomic E-state index is 12.4. The minimum Gasteiger partial charge on any atom is -0.493 e. The zero-order valence-corrected chi connectivity index (χ0v) is 14.2. The van der Waals surface area contributed by atoms with E-state index in [4.69, 9.17) is 9.47 Å². The first-order valence-electron chi connectivity index (χ1n) is 8.12. The van der Waals surface area contributed by atoms with Crippen LogP contribution in [0.3, 0.4) is 0 Å². The average molecular weight is 322 g/mol. The summed E-state index contributed by atoms with van der Waals surface area (Å²) in [5.41, 5.74) is 0.534. The van der Waals surface area contributed by atoms with Gasteiger partial charge in [-0.3, -0.25) is 9.59 Å². The van der Waals surface area contributed by atoms with Crippen molar-refractivity contribution in [1.82, 2.24) is 0 Å². The summed E-state index contributed by atoms with van der Waals surface area (Å²) in [7, 11) is 1.34. The predicted octanol–water partition coefficient (Wildman–Crippen LogP) is 3.79. The molecule has 1 rings (SSSR count). The second-order valence-electron chi connectivity index (χ2n) is 5.21. The molecule has 1 aromatic carbocycles. The molecule has 0 N–H and O–H groups in total. The molecule has 0 aliphatic heterocycles. The molecule has 0 aliphatic carbocycles. The Hall–Kier alpha value is -2.04. The third kappa shape index (κ3) is 6.72. The molecule has 0 spiro atoms. The molecule has 0 saturated carbocycles. The molecule has 23 heavy (non-hydrogen) atoms. The first kappa shape index (κ1) is 19.0. The van der Waals surface area contributed by atoms with Crippen molar-refractivity contribution >= 4 is 11.8 Å². The fraction of sp³-hybridized carbons (Fsp3) is 0.556. The number of carbonyl (C=O) groups is 2. The maximum atomic E-state index is 12.4. The lowest BCUT2D eigenvalue weighted by Crippen LogP contribution is -2.07. The monoisotopic (exact) mass is 322 g/mol. The molecule has 0 fully saturated rings. The molecule has 1 aromatic rings. The second kappa shape index (κ2) is 10.6. The number of benzene rings is 1. The van der Waals surface area contributed by atoms with Crippen molar-refractivity contribution in [1.29, 1.82) is 0 Å². The van der Waals surface area contributed by atoms with E-state index < -0.39 is 0 Å². The molecule has 0 atom stereocenters. The van der Waals surface area contributed by atoms with Gasteiger partial charge in [0.15, 0.2) is 5.78 Å². The van der Waals surface area contributed by atoms with Crippen LogP contribution in [0.15, 0.2) is 18.2 Å². The van der Waals surface area contributed by atoms with E-state index in [1.807, 2.05) is 13.8 Å². The first-order chi connectivity index (χ1) is 11.1. The van der Waals surface area contributed by atoms with Gasteiger partial charge in [-0.15, -0.1) is 0 Å². The number of esters is 1. The molecule has 0 bridgehead atoms. The van der Waals surface area contributed by atoms with Crippen LogP contribution in [0, 0.1) is 0 Å². The number of hydrogen-bond acceptors (Lipinski definition) is 5. The molecule has 0 unspecified atom stereocenters. The van der Waals surface area contributed by atoms with E-state index in [1.54, 1.807) is 18.2 Å². The van der Waals surface area contributed by atoms with Gasteiger partial charge in [-0.05, 0) is 31.4 Å². The fourth-order valence-corrected chi connectivity index (χ4v) is 2.00. The molecule has 0 saturated heterocycles. The summed E-state index contributed by atoms with van der Waals surface area (Å²) in [5.74, 6) is 0.901. The highest BCUT2D eigenvalue weighted by molar-refractivity contribution is 5.99. The van der Waals surface area contributed by atoms with E-state index in [2.05, 4.69) is 4.74 Å². The van der Waals surface area contributed by atoms with Gasteiger partial charge in [0, 0.05) is 18.9 Å². The molecule has 0 aromatic heterocycles. The molecule has 5 heteroatoms. The highest BCUT2D eigenvalue weighted by Crippen LogP contribution is 2.27. The van der Waals surface area contributed by atoms with Crippen LogP contribution in [-0.4, -0.2) is 32.1 Å². The van der Waals surface area contributed by atoms with E-state index in [-0.39, 0.29) is 24.6 Å².